The van der Waals surface area contributed by atoms with E-state index in [1.165, 1.54) is 28.6 Å². The molecule has 0 bridgehead atoms. The zero-order chi connectivity index (χ0) is 34.9. The molecular weight excluding hydrogens is 628 g/mol. The molecule has 2 amide bonds. The molecule has 3 rings (SSSR count). The predicted octanol–water partition coefficient (Wildman–Crippen LogP) is 5.89. The van der Waals surface area contributed by atoms with E-state index >= 15 is 0 Å². The number of ether oxygens (including phenoxy) is 1. The number of rotatable bonds is 20. The van der Waals surface area contributed by atoms with Crippen LogP contribution in [0.15, 0.2) is 89.8 Å². The second-order valence-corrected chi connectivity index (χ2v) is 14.2. The fourth-order valence-corrected chi connectivity index (χ4v) is 6.99. The third-order valence-corrected chi connectivity index (χ3v) is 10.0. The third kappa shape index (κ3) is 11.5. The zero-order valence-corrected chi connectivity index (χ0v) is 29.0. The van der Waals surface area contributed by atoms with Crippen molar-refractivity contribution in [2.75, 3.05) is 25.4 Å². The second kappa shape index (κ2) is 19.6. The van der Waals surface area contributed by atoms with E-state index in [9.17, 15) is 22.8 Å². The number of nitrogen functional groups attached to an aromatic ring is 1. The first-order chi connectivity index (χ1) is 23.1. The van der Waals surface area contributed by atoms with E-state index in [2.05, 4.69) is 10.6 Å². The highest BCUT2D eigenvalue weighted by molar-refractivity contribution is 7.89. The van der Waals surface area contributed by atoms with Gasteiger partial charge in [0, 0.05) is 24.7 Å². The summed E-state index contributed by atoms with van der Waals surface area (Å²) in [6, 6.07) is 23.2. The first kappa shape index (κ1) is 38.2. The highest BCUT2D eigenvalue weighted by atomic mass is 32.2. The normalized spacial score (nSPS) is 12.9. The number of anilines is 1. The van der Waals surface area contributed by atoms with Gasteiger partial charge in [-0.1, -0.05) is 87.9 Å². The zero-order valence-electron chi connectivity index (χ0n) is 28.2. The van der Waals surface area contributed by atoms with Crippen LogP contribution in [-0.4, -0.2) is 62.8 Å². The van der Waals surface area contributed by atoms with Crippen molar-refractivity contribution in [2.45, 2.75) is 82.2 Å². The monoisotopic (exact) mass is 678 g/mol. The molecule has 3 aromatic rings. The number of carbonyl (C=O) groups excluding carboxylic acids is 3. The Morgan fingerprint density at radius 1 is 0.875 bits per heavy atom. The number of nitrogens with one attached hydrogen (secondary N) is 2. The Hall–Kier alpha value is -4.22. The molecule has 0 fully saturated rings. The van der Waals surface area contributed by atoms with E-state index < -0.39 is 34.1 Å². The largest absolute Gasteiger partial charge is 0.450 e. The maximum atomic E-state index is 13.8. The van der Waals surface area contributed by atoms with Gasteiger partial charge in [-0.3, -0.25) is 4.79 Å². The Labute approximate surface area is 285 Å². The minimum atomic E-state index is -3.95. The quantitative estimate of drug-likeness (QED) is 0.0767. The molecule has 0 aliphatic rings. The fraction of sp³-hybridized carbons (Fsp3) is 0.432. The third-order valence-electron chi connectivity index (χ3n) is 8.10. The molecule has 0 saturated heterocycles. The van der Waals surface area contributed by atoms with Crippen LogP contribution in [0.25, 0.3) is 0 Å². The maximum absolute atomic E-state index is 13.8. The van der Waals surface area contributed by atoms with Crippen LogP contribution in [0.1, 0.15) is 76.3 Å². The fourth-order valence-electron chi connectivity index (χ4n) is 5.38. The summed E-state index contributed by atoms with van der Waals surface area (Å²) >= 11 is 0. The number of hydrogen-bond donors (Lipinski definition) is 3. The van der Waals surface area contributed by atoms with E-state index in [0.29, 0.717) is 37.7 Å². The highest BCUT2D eigenvalue weighted by Gasteiger charge is 2.33. The molecule has 0 radical (unpaired) electrons. The number of unbranched alkanes of at least 4 members (excludes halogenated alkanes) is 2. The van der Waals surface area contributed by atoms with Crippen molar-refractivity contribution < 1.29 is 27.5 Å². The molecule has 0 aliphatic carbocycles. The van der Waals surface area contributed by atoms with Crippen molar-refractivity contribution >= 4 is 34.0 Å². The molecule has 0 aromatic heterocycles. The molecule has 2 atom stereocenters. The van der Waals surface area contributed by atoms with Crippen molar-refractivity contribution in [1.29, 1.82) is 0 Å². The van der Waals surface area contributed by atoms with E-state index in [0.717, 1.165) is 17.5 Å². The lowest BCUT2D eigenvalue weighted by Gasteiger charge is -2.29. The number of carbonyl (C=O) groups is 3. The van der Waals surface area contributed by atoms with E-state index in [1.54, 1.807) is 0 Å². The molecule has 1 unspecified atom stereocenters. The Morgan fingerprint density at radius 3 is 2.02 bits per heavy atom. The summed E-state index contributed by atoms with van der Waals surface area (Å²) in [7, 11) is -3.95. The lowest BCUT2D eigenvalue weighted by atomic mass is 9.84. The Balaban J connectivity index is 1.72. The summed E-state index contributed by atoms with van der Waals surface area (Å²) in [6.45, 7) is 6.71. The number of amides is 2. The summed E-state index contributed by atoms with van der Waals surface area (Å²) < 4.78 is 33.8. The maximum Gasteiger partial charge on any atom is 0.407 e. The predicted molar refractivity (Wildman–Crippen MR) is 189 cm³/mol. The van der Waals surface area contributed by atoms with Crippen LogP contribution >= 0.6 is 0 Å². The van der Waals surface area contributed by atoms with Crippen LogP contribution in [0.2, 0.25) is 0 Å². The first-order valence-electron chi connectivity index (χ1n) is 16.7. The van der Waals surface area contributed by atoms with Gasteiger partial charge in [-0.15, -0.1) is 0 Å². The van der Waals surface area contributed by atoms with Gasteiger partial charge in [0.2, 0.25) is 15.9 Å². The van der Waals surface area contributed by atoms with Gasteiger partial charge in [-0.05, 0) is 73.4 Å². The number of hydrogen-bond acceptors (Lipinski definition) is 7. The molecule has 0 saturated carbocycles. The van der Waals surface area contributed by atoms with Crippen LogP contribution in [0.3, 0.4) is 0 Å². The minimum Gasteiger partial charge on any atom is -0.450 e. The SMILES string of the molecule is CCCCOC(=O)N[C@H](C(=O)NCCCCC(C=O)N(CCC(C)C)S(=O)(=O)c1ccc(N)cc1)C(c1ccccc1)c1ccccc1. The van der Waals surface area contributed by atoms with Gasteiger partial charge in [-0.2, -0.15) is 4.31 Å². The molecular formula is C37H50N4O6S. The van der Waals surface area contributed by atoms with Crippen LogP contribution in [0.4, 0.5) is 10.5 Å². The first-order valence-corrected chi connectivity index (χ1v) is 18.2. The summed E-state index contributed by atoms with van der Waals surface area (Å²) in [4.78, 5) is 39.0. The summed E-state index contributed by atoms with van der Waals surface area (Å²) in [6.07, 6.45) is 3.44. The molecule has 0 spiro atoms. The summed E-state index contributed by atoms with van der Waals surface area (Å²) in [5.74, 6) is -0.632. The van der Waals surface area contributed by atoms with Gasteiger partial charge in [0.15, 0.2) is 0 Å². The molecule has 260 valence electrons. The van der Waals surface area contributed by atoms with Crippen molar-refractivity contribution in [1.82, 2.24) is 14.9 Å². The lowest BCUT2D eigenvalue weighted by molar-refractivity contribution is -0.123. The number of nitrogens with zero attached hydrogens (tertiary/aromatic N) is 1. The molecule has 4 N–H and O–H groups in total. The van der Waals surface area contributed by atoms with Crippen LogP contribution in [0, 0.1) is 5.92 Å². The van der Waals surface area contributed by atoms with Crippen LogP contribution in [0.5, 0.6) is 0 Å². The molecule has 10 nitrogen and oxygen atoms in total. The standard InChI is InChI=1S/C37H50N4O6S/c1-4-5-26-47-37(44)40-35(34(29-14-8-6-9-15-29)30-16-10-7-11-17-30)36(43)39-24-13-12-18-32(27-42)41(25-23-28(2)3)48(45,46)33-21-19-31(38)20-22-33/h6-11,14-17,19-22,27-28,32,34-35H,4-5,12-13,18,23-26,38H2,1-3H3,(H,39,43)(H,40,44)/t32?,35-/m0/s1. The van der Waals surface area contributed by atoms with Gasteiger partial charge in [0.1, 0.15) is 12.3 Å². The Bertz CT molecular complexity index is 1480. The van der Waals surface area contributed by atoms with Crippen LogP contribution < -0.4 is 16.4 Å². The van der Waals surface area contributed by atoms with Gasteiger partial charge >= 0.3 is 6.09 Å². The topological polar surface area (TPSA) is 148 Å². The summed E-state index contributed by atoms with van der Waals surface area (Å²) in [5, 5.41) is 5.77. The number of alkyl carbamates (subject to hydrolysis) is 1. The Morgan fingerprint density at radius 2 is 1.48 bits per heavy atom. The van der Waals surface area contributed by atoms with Gasteiger partial charge in [0.05, 0.1) is 17.5 Å². The average molecular weight is 679 g/mol. The smallest absolute Gasteiger partial charge is 0.407 e. The number of benzene rings is 3. The second-order valence-electron chi connectivity index (χ2n) is 12.3. The van der Waals surface area contributed by atoms with E-state index in [-0.39, 0.29) is 42.8 Å². The number of nitrogens with two attached hydrogens (primary N) is 1. The van der Waals surface area contributed by atoms with Crippen LogP contribution in [-0.2, 0) is 24.3 Å². The van der Waals surface area contributed by atoms with Gasteiger partial charge < -0.3 is 25.9 Å². The van der Waals surface area contributed by atoms with Crippen molar-refractivity contribution in [3.8, 4) is 0 Å². The Kier molecular flexibility index (Phi) is 15.6. The number of aldehydes is 1. The lowest BCUT2D eigenvalue weighted by Crippen LogP contribution is -2.50. The van der Waals surface area contributed by atoms with Crippen molar-refractivity contribution in [2.24, 2.45) is 5.92 Å². The van der Waals surface area contributed by atoms with Gasteiger partial charge in [-0.25, -0.2) is 13.2 Å². The average Bonchev–Trinajstić information content (AvgIpc) is 3.08. The van der Waals surface area contributed by atoms with Crippen molar-refractivity contribution in [3.05, 3.63) is 96.1 Å². The van der Waals surface area contributed by atoms with E-state index in [1.807, 2.05) is 81.4 Å². The minimum absolute atomic E-state index is 0.0812. The van der Waals surface area contributed by atoms with Gasteiger partial charge in [0.25, 0.3) is 0 Å². The molecule has 48 heavy (non-hydrogen) atoms. The molecule has 3 aromatic carbocycles. The molecule has 11 heteroatoms. The van der Waals surface area contributed by atoms with Crippen molar-refractivity contribution in [3.63, 3.8) is 0 Å². The van der Waals surface area contributed by atoms with E-state index in [4.69, 9.17) is 10.5 Å². The number of sulfonamides is 1. The molecule has 0 heterocycles. The molecule has 0 aliphatic heterocycles. The summed E-state index contributed by atoms with van der Waals surface area (Å²) in [5.41, 5.74) is 7.93. The highest BCUT2D eigenvalue weighted by Crippen LogP contribution is 2.29.